The molecule has 2 atom stereocenters. The van der Waals surface area contributed by atoms with E-state index in [4.69, 9.17) is 4.74 Å². The van der Waals surface area contributed by atoms with Gasteiger partial charge < -0.3 is 10.1 Å². The molecule has 2 rings (SSSR count). The van der Waals surface area contributed by atoms with Crippen LogP contribution < -0.4 is 10.1 Å². The van der Waals surface area contributed by atoms with Gasteiger partial charge >= 0.3 is 0 Å². The Balaban J connectivity index is 1.94. The van der Waals surface area contributed by atoms with Crippen LogP contribution in [-0.4, -0.2) is 18.7 Å². The van der Waals surface area contributed by atoms with Crippen LogP contribution in [0.15, 0.2) is 24.3 Å². The van der Waals surface area contributed by atoms with Gasteiger partial charge in [-0.15, -0.1) is 0 Å². The van der Waals surface area contributed by atoms with Crippen LogP contribution in [0.2, 0.25) is 0 Å². The van der Waals surface area contributed by atoms with Gasteiger partial charge in [-0.05, 0) is 49.9 Å². The fraction of sp³-hybridized carbons (Fsp3) is 0.600. The lowest BCUT2D eigenvalue weighted by Crippen LogP contribution is -2.40. The van der Waals surface area contributed by atoms with Crippen LogP contribution in [0.4, 0.5) is 0 Å². The number of benzene rings is 1. The molecule has 0 aliphatic carbocycles. The summed E-state index contributed by atoms with van der Waals surface area (Å²) >= 11 is 0. The first kappa shape index (κ1) is 12.4. The molecule has 0 spiro atoms. The van der Waals surface area contributed by atoms with Gasteiger partial charge in [0.05, 0.1) is 0 Å². The molecule has 0 radical (unpaired) electrons. The Morgan fingerprint density at radius 2 is 1.94 bits per heavy atom. The van der Waals surface area contributed by atoms with Gasteiger partial charge in [-0.2, -0.15) is 0 Å². The molecule has 1 heterocycles. The van der Waals surface area contributed by atoms with E-state index in [9.17, 15) is 0 Å². The second-order valence-corrected chi connectivity index (χ2v) is 5.34. The van der Waals surface area contributed by atoms with Crippen LogP contribution in [0.3, 0.4) is 0 Å². The summed E-state index contributed by atoms with van der Waals surface area (Å²) in [7, 11) is 0. The Morgan fingerprint density at radius 1 is 1.24 bits per heavy atom. The fourth-order valence-electron chi connectivity index (χ4n) is 2.32. The molecule has 1 fully saturated rings. The van der Waals surface area contributed by atoms with Crippen molar-refractivity contribution in [1.82, 2.24) is 5.32 Å². The third-order valence-electron chi connectivity index (χ3n) is 3.43. The smallest absolute Gasteiger partial charge is 0.119 e. The molecule has 17 heavy (non-hydrogen) atoms. The molecular weight excluding hydrogens is 210 g/mol. The van der Waals surface area contributed by atoms with Gasteiger partial charge in [0.15, 0.2) is 0 Å². The van der Waals surface area contributed by atoms with Crippen LogP contribution >= 0.6 is 0 Å². The van der Waals surface area contributed by atoms with E-state index in [1.165, 1.54) is 5.56 Å². The maximum absolute atomic E-state index is 6.02. The molecule has 1 saturated heterocycles. The zero-order valence-electron chi connectivity index (χ0n) is 11.1. The molecule has 0 amide bonds. The molecule has 1 aromatic rings. The predicted molar refractivity (Wildman–Crippen MR) is 71.6 cm³/mol. The van der Waals surface area contributed by atoms with Crippen molar-refractivity contribution in [3.8, 4) is 5.75 Å². The largest absolute Gasteiger partial charge is 0.490 e. The summed E-state index contributed by atoms with van der Waals surface area (Å²) in [5.74, 6) is 1.59. The van der Waals surface area contributed by atoms with Crippen molar-refractivity contribution in [2.45, 2.75) is 51.7 Å². The SMILES string of the molecule is CC1CC(Oc2ccc(C(C)C)cc2)CCN1. The zero-order chi connectivity index (χ0) is 12.3. The molecule has 0 bridgehead atoms. The van der Waals surface area contributed by atoms with Crippen LogP contribution in [0, 0.1) is 0 Å². The Kier molecular flexibility index (Phi) is 4.06. The van der Waals surface area contributed by atoms with Crippen molar-refractivity contribution in [3.63, 3.8) is 0 Å². The normalized spacial score (nSPS) is 24.9. The van der Waals surface area contributed by atoms with E-state index in [2.05, 4.69) is 50.4 Å². The van der Waals surface area contributed by atoms with E-state index in [-0.39, 0.29) is 0 Å². The van der Waals surface area contributed by atoms with Gasteiger partial charge in [-0.3, -0.25) is 0 Å². The molecule has 1 aromatic carbocycles. The van der Waals surface area contributed by atoms with Crippen LogP contribution in [0.5, 0.6) is 5.75 Å². The van der Waals surface area contributed by atoms with Gasteiger partial charge in [-0.1, -0.05) is 26.0 Å². The standard InChI is InChI=1S/C15H23NO/c1-11(2)13-4-6-14(7-5-13)17-15-8-9-16-12(3)10-15/h4-7,11-12,15-16H,8-10H2,1-3H3. The first-order valence-corrected chi connectivity index (χ1v) is 6.65. The number of hydrogen-bond donors (Lipinski definition) is 1. The lowest BCUT2D eigenvalue weighted by atomic mass is 10.0. The van der Waals surface area contributed by atoms with E-state index in [1.807, 2.05) is 0 Å². The Morgan fingerprint density at radius 3 is 2.53 bits per heavy atom. The average molecular weight is 233 g/mol. The van der Waals surface area contributed by atoms with E-state index in [0.717, 1.165) is 25.1 Å². The third-order valence-corrected chi connectivity index (χ3v) is 3.43. The monoisotopic (exact) mass is 233 g/mol. The molecule has 2 nitrogen and oxygen atoms in total. The van der Waals surface area contributed by atoms with E-state index in [1.54, 1.807) is 0 Å². The highest BCUT2D eigenvalue weighted by atomic mass is 16.5. The Hall–Kier alpha value is -1.02. The van der Waals surface area contributed by atoms with Crippen LogP contribution in [-0.2, 0) is 0 Å². The Labute approximate surface area is 104 Å². The second-order valence-electron chi connectivity index (χ2n) is 5.34. The summed E-state index contributed by atoms with van der Waals surface area (Å²) in [6.07, 6.45) is 2.58. The number of piperidine rings is 1. The van der Waals surface area contributed by atoms with Crippen molar-refractivity contribution >= 4 is 0 Å². The molecule has 2 heteroatoms. The number of nitrogens with one attached hydrogen (secondary N) is 1. The summed E-state index contributed by atoms with van der Waals surface area (Å²) in [4.78, 5) is 0. The van der Waals surface area contributed by atoms with Gasteiger partial charge in [0.25, 0.3) is 0 Å². The highest BCUT2D eigenvalue weighted by Crippen LogP contribution is 2.21. The van der Waals surface area contributed by atoms with Crippen molar-refractivity contribution in [2.24, 2.45) is 0 Å². The minimum absolute atomic E-state index is 0.371. The minimum Gasteiger partial charge on any atom is -0.490 e. The lowest BCUT2D eigenvalue weighted by molar-refractivity contribution is 0.144. The molecule has 0 aromatic heterocycles. The number of hydrogen-bond acceptors (Lipinski definition) is 2. The molecule has 1 aliphatic rings. The fourth-order valence-corrected chi connectivity index (χ4v) is 2.32. The van der Waals surface area contributed by atoms with E-state index in [0.29, 0.717) is 18.1 Å². The molecule has 1 aliphatic heterocycles. The summed E-state index contributed by atoms with van der Waals surface area (Å²) in [6.45, 7) is 7.71. The highest BCUT2D eigenvalue weighted by molar-refractivity contribution is 5.29. The maximum Gasteiger partial charge on any atom is 0.119 e. The summed E-state index contributed by atoms with van der Waals surface area (Å²) in [5, 5.41) is 3.44. The second kappa shape index (κ2) is 5.54. The molecular formula is C15H23NO. The summed E-state index contributed by atoms with van der Waals surface area (Å²) in [6, 6.07) is 9.11. The molecule has 0 saturated carbocycles. The average Bonchev–Trinajstić information content (AvgIpc) is 2.29. The van der Waals surface area contributed by atoms with E-state index >= 15 is 0 Å². The van der Waals surface area contributed by atoms with Crippen molar-refractivity contribution in [1.29, 1.82) is 0 Å². The van der Waals surface area contributed by atoms with E-state index < -0.39 is 0 Å². The first-order chi connectivity index (χ1) is 8.15. The van der Waals surface area contributed by atoms with Crippen molar-refractivity contribution < 1.29 is 4.74 Å². The van der Waals surface area contributed by atoms with Gasteiger partial charge in [0.2, 0.25) is 0 Å². The molecule has 1 N–H and O–H groups in total. The molecule has 94 valence electrons. The summed E-state index contributed by atoms with van der Waals surface area (Å²) in [5.41, 5.74) is 1.37. The van der Waals surface area contributed by atoms with Crippen molar-refractivity contribution in [2.75, 3.05) is 6.54 Å². The van der Waals surface area contributed by atoms with Crippen molar-refractivity contribution in [3.05, 3.63) is 29.8 Å². The first-order valence-electron chi connectivity index (χ1n) is 6.65. The van der Waals surface area contributed by atoms with Gasteiger partial charge in [0.1, 0.15) is 11.9 Å². The van der Waals surface area contributed by atoms with Gasteiger partial charge in [-0.25, -0.2) is 0 Å². The van der Waals surface area contributed by atoms with Crippen LogP contribution in [0.25, 0.3) is 0 Å². The third kappa shape index (κ3) is 3.47. The zero-order valence-corrected chi connectivity index (χ0v) is 11.1. The Bertz CT molecular complexity index is 344. The lowest BCUT2D eigenvalue weighted by Gasteiger charge is -2.28. The number of ether oxygens (including phenoxy) is 1. The number of rotatable bonds is 3. The maximum atomic E-state index is 6.02. The highest BCUT2D eigenvalue weighted by Gasteiger charge is 2.19. The minimum atomic E-state index is 0.371. The quantitative estimate of drug-likeness (QED) is 0.864. The molecule has 2 unspecified atom stereocenters. The van der Waals surface area contributed by atoms with Crippen LogP contribution in [0.1, 0.15) is 45.1 Å². The summed E-state index contributed by atoms with van der Waals surface area (Å²) < 4.78 is 6.02. The van der Waals surface area contributed by atoms with Gasteiger partial charge in [0, 0.05) is 6.04 Å². The predicted octanol–water partition coefficient (Wildman–Crippen LogP) is 3.33. The topological polar surface area (TPSA) is 21.3 Å².